The summed E-state index contributed by atoms with van der Waals surface area (Å²) in [5.41, 5.74) is 0. The molecule has 0 heterocycles. The molecular weight excluding hydrogens is 140 g/mol. The molecule has 0 aromatic heterocycles. The summed E-state index contributed by atoms with van der Waals surface area (Å²) in [6.07, 6.45) is 4.58. The maximum Gasteiger partial charge on any atom is 0.303 e. The number of halogens is 1. The second-order valence-corrected chi connectivity index (χ2v) is 1.50. The van der Waals surface area contributed by atoms with Gasteiger partial charge in [-0.2, -0.15) is 0 Å². The third-order valence-corrected chi connectivity index (χ3v) is 0.761. The molecule has 2 nitrogen and oxygen atoms in total. The minimum absolute atomic E-state index is 0. The highest BCUT2D eigenvalue weighted by molar-refractivity contribution is 5.85. The first-order valence-corrected chi connectivity index (χ1v) is 2.60. The van der Waals surface area contributed by atoms with Crippen molar-refractivity contribution < 1.29 is 9.90 Å². The summed E-state index contributed by atoms with van der Waals surface area (Å²) in [7, 11) is 0. The van der Waals surface area contributed by atoms with Gasteiger partial charge in [-0.05, 0) is 13.3 Å². The van der Waals surface area contributed by atoms with Gasteiger partial charge in [-0.1, -0.05) is 12.2 Å². The lowest BCUT2D eigenvalue weighted by atomic mass is 10.3. The summed E-state index contributed by atoms with van der Waals surface area (Å²) in [6, 6.07) is 0. The van der Waals surface area contributed by atoms with Crippen LogP contribution in [0, 0.1) is 0 Å². The molecule has 0 atom stereocenters. The molecule has 0 saturated carbocycles. The Kier molecular flexibility index (Phi) is 9.43. The van der Waals surface area contributed by atoms with Crippen molar-refractivity contribution in [3.8, 4) is 0 Å². The van der Waals surface area contributed by atoms with E-state index in [1.54, 1.807) is 0 Å². The molecule has 0 aliphatic heterocycles. The van der Waals surface area contributed by atoms with Crippen LogP contribution in [0.4, 0.5) is 0 Å². The van der Waals surface area contributed by atoms with Crippen molar-refractivity contribution >= 4 is 18.4 Å². The molecule has 54 valence electrons. The molecule has 9 heavy (non-hydrogen) atoms. The quantitative estimate of drug-likeness (QED) is 0.624. The molecule has 0 spiro atoms. The second kappa shape index (κ2) is 7.50. The third kappa shape index (κ3) is 11.2. The minimum atomic E-state index is -0.733. The minimum Gasteiger partial charge on any atom is -0.481 e. The van der Waals surface area contributed by atoms with E-state index in [0.717, 1.165) is 0 Å². The zero-order chi connectivity index (χ0) is 6.41. The van der Waals surface area contributed by atoms with Crippen LogP contribution in [-0.2, 0) is 4.79 Å². The van der Waals surface area contributed by atoms with Crippen LogP contribution in [0.3, 0.4) is 0 Å². The summed E-state index contributed by atoms with van der Waals surface area (Å²) in [4.78, 5) is 9.84. The Labute approximate surface area is 61.0 Å². The topological polar surface area (TPSA) is 37.3 Å². The van der Waals surface area contributed by atoms with Crippen molar-refractivity contribution in [3.63, 3.8) is 0 Å². The Morgan fingerprint density at radius 1 is 1.67 bits per heavy atom. The third-order valence-electron chi connectivity index (χ3n) is 0.761. The van der Waals surface area contributed by atoms with Crippen molar-refractivity contribution in [1.82, 2.24) is 0 Å². The van der Waals surface area contributed by atoms with Crippen LogP contribution >= 0.6 is 12.4 Å². The van der Waals surface area contributed by atoms with Gasteiger partial charge in [-0.3, -0.25) is 4.79 Å². The Balaban J connectivity index is 0. The summed E-state index contributed by atoms with van der Waals surface area (Å²) >= 11 is 0. The molecule has 0 radical (unpaired) electrons. The predicted molar refractivity (Wildman–Crippen MR) is 38.9 cm³/mol. The van der Waals surface area contributed by atoms with E-state index in [1.165, 1.54) is 0 Å². The van der Waals surface area contributed by atoms with E-state index in [4.69, 9.17) is 5.11 Å². The Hall–Kier alpha value is -0.500. The van der Waals surface area contributed by atoms with Crippen LogP contribution in [0.5, 0.6) is 0 Å². The van der Waals surface area contributed by atoms with E-state index >= 15 is 0 Å². The van der Waals surface area contributed by atoms with Crippen LogP contribution in [0.15, 0.2) is 12.2 Å². The molecule has 0 aromatic rings. The van der Waals surface area contributed by atoms with E-state index in [2.05, 4.69) is 0 Å². The average molecular weight is 151 g/mol. The molecule has 0 unspecified atom stereocenters. The largest absolute Gasteiger partial charge is 0.481 e. The maximum atomic E-state index is 9.84. The average Bonchev–Trinajstić information content (AvgIpc) is 1.66. The molecule has 0 fully saturated rings. The first-order chi connectivity index (χ1) is 3.77. The lowest BCUT2D eigenvalue weighted by Gasteiger charge is -1.83. The Bertz CT molecular complexity index is 99.2. The van der Waals surface area contributed by atoms with Crippen LogP contribution < -0.4 is 0 Å². The van der Waals surface area contributed by atoms with E-state index in [9.17, 15) is 4.79 Å². The molecule has 0 amide bonds. The van der Waals surface area contributed by atoms with E-state index < -0.39 is 5.97 Å². The van der Waals surface area contributed by atoms with Gasteiger partial charge in [0.25, 0.3) is 0 Å². The smallest absolute Gasteiger partial charge is 0.303 e. The van der Waals surface area contributed by atoms with Gasteiger partial charge >= 0.3 is 5.97 Å². The monoisotopic (exact) mass is 150 g/mol. The number of carboxylic acid groups (broad SMARTS) is 1. The lowest BCUT2D eigenvalue weighted by molar-refractivity contribution is -0.136. The fourth-order valence-electron chi connectivity index (χ4n) is 0.373. The number of carbonyl (C=O) groups is 1. The van der Waals surface area contributed by atoms with Gasteiger partial charge in [0, 0.05) is 6.42 Å². The van der Waals surface area contributed by atoms with Crippen molar-refractivity contribution in [3.05, 3.63) is 12.2 Å². The van der Waals surface area contributed by atoms with Gasteiger partial charge in [0.05, 0.1) is 0 Å². The van der Waals surface area contributed by atoms with E-state index in [-0.39, 0.29) is 18.8 Å². The van der Waals surface area contributed by atoms with Crippen LogP contribution in [-0.4, -0.2) is 11.1 Å². The first-order valence-electron chi connectivity index (χ1n) is 2.60. The van der Waals surface area contributed by atoms with E-state index in [0.29, 0.717) is 6.42 Å². The van der Waals surface area contributed by atoms with Crippen molar-refractivity contribution in [1.29, 1.82) is 0 Å². The Morgan fingerprint density at radius 2 is 2.22 bits per heavy atom. The van der Waals surface area contributed by atoms with Gasteiger partial charge < -0.3 is 5.11 Å². The first kappa shape index (κ1) is 11.3. The summed E-state index contributed by atoms with van der Waals surface area (Å²) in [6.45, 7) is 1.88. The molecule has 1 N–H and O–H groups in total. The van der Waals surface area contributed by atoms with Gasteiger partial charge in [0.15, 0.2) is 0 Å². The molecule has 0 aliphatic rings. The summed E-state index contributed by atoms with van der Waals surface area (Å²) in [5.74, 6) is -0.733. The molecule has 3 heteroatoms. The van der Waals surface area contributed by atoms with Gasteiger partial charge in [0.2, 0.25) is 0 Å². The molecular formula is C6H11ClO2. The fraction of sp³-hybridized carbons (Fsp3) is 0.500. The molecule has 0 rings (SSSR count). The summed E-state index contributed by atoms with van der Waals surface area (Å²) < 4.78 is 0. The molecule has 0 saturated heterocycles. The number of hydrogen-bond acceptors (Lipinski definition) is 1. The highest BCUT2D eigenvalue weighted by atomic mass is 35.5. The number of aliphatic carboxylic acids is 1. The lowest BCUT2D eigenvalue weighted by Crippen LogP contribution is -1.91. The standard InChI is InChI=1S/C6H10O2.ClH/c1-2-3-4-5-6(7)8;/h2-3H,4-5H2,1H3,(H,7,8);1H/b3-2+;. The number of carboxylic acids is 1. The van der Waals surface area contributed by atoms with Crippen LogP contribution in [0.25, 0.3) is 0 Å². The molecule has 0 aromatic carbocycles. The predicted octanol–water partition coefficient (Wildman–Crippen LogP) is 1.85. The van der Waals surface area contributed by atoms with Crippen LogP contribution in [0.1, 0.15) is 19.8 Å². The van der Waals surface area contributed by atoms with E-state index in [1.807, 2.05) is 19.1 Å². The van der Waals surface area contributed by atoms with Gasteiger partial charge in [0.1, 0.15) is 0 Å². The van der Waals surface area contributed by atoms with Crippen molar-refractivity contribution in [2.45, 2.75) is 19.8 Å². The zero-order valence-corrected chi connectivity index (χ0v) is 6.15. The van der Waals surface area contributed by atoms with Crippen molar-refractivity contribution in [2.75, 3.05) is 0 Å². The highest BCUT2D eigenvalue weighted by Gasteiger charge is 1.89. The van der Waals surface area contributed by atoms with Gasteiger partial charge in [-0.25, -0.2) is 0 Å². The van der Waals surface area contributed by atoms with Crippen molar-refractivity contribution in [2.24, 2.45) is 0 Å². The highest BCUT2D eigenvalue weighted by Crippen LogP contribution is 1.88. The second-order valence-electron chi connectivity index (χ2n) is 1.50. The number of hydrogen-bond donors (Lipinski definition) is 1. The number of allylic oxidation sites excluding steroid dienone is 2. The Morgan fingerprint density at radius 3 is 2.56 bits per heavy atom. The fourth-order valence-corrected chi connectivity index (χ4v) is 0.373. The molecule has 0 bridgehead atoms. The summed E-state index contributed by atoms with van der Waals surface area (Å²) in [5, 5.41) is 8.11. The van der Waals surface area contributed by atoms with Crippen LogP contribution in [0.2, 0.25) is 0 Å². The SMILES string of the molecule is C/C=C/CCC(=O)O.Cl. The zero-order valence-electron chi connectivity index (χ0n) is 5.33. The number of rotatable bonds is 3. The maximum absolute atomic E-state index is 9.84. The van der Waals surface area contributed by atoms with Gasteiger partial charge in [-0.15, -0.1) is 12.4 Å². The normalized spacial score (nSPS) is 9.00. The molecule has 0 aliphatic carbocycles.